The molecular formula is C13H27NO2S. The summed E-state index contributed by atoms with van der Waals surface area (Å²) in [6.07, 6.45) is 4.50. The molecule has 2 atom stereocenters. The van der Waals surface area contributed by atoms with Gasteiger partial charge >= 0.3 is 0 Å². The van der Waals surface area contributed by atoms with Crippen molar-refractivity contribution in [2.75, 3.05) is 18.1 Å². The number of rotatable bonds is 9. The van der Waals surface area contributed by atoms with E-state index < -0.39 is 9.84 Å². The van der Waals surface area contributed by atoms with E-state index in [-0.39, 0.29) is 5.75 Å². The first-order chi connectivity index (χ1) is 8.00. The molecule has 1 aliphatic carbocycles. The third kappa shape index (κ3) is 5.38. The number of hydrogen-bond acceptors (Lipinski definition) is 3. The smallest absolute Gasteiger partial charge is 0.150 e. The van der Waals surface area contributed by atoms with Gasteiger partial charge in [-0.15, -0.1) is 0 Å². The van der Waals surface area contributed by atoms with Crippen molar-refractivity contribution in [2.24, 2.45) is 11.8 Å². The SMILES string of the molecule is CCNC(CCCS(=O)(=O)CC)C(C)C1CC1. The highest BCUT2D eigenvalue weighted by atomic mass is 32.2. The van der Waals surface area contributed by atoms with Crippen molar-refractivity contribution in [1.82, 2.24) is 5.32 Å². The summed E-state index contributed by atoms with van der Waals surface area (Å²) < 4.78 is 22.9. The van der Waals surface area contributed by atoms with Crippen LogP contribution in [-0.2, 0) is 9.84 Å². The minimum atomic E-state index is -2.79. The molecule has 1 fully saturated rings. The van der Waals surface area contributed by atoms with E-state index in [9.17, 15) is 8.42 Å². The van der Waals surface area contributed by atoms with Gasteiger partial charge in [0.1, 0.15) is 9.84 Å². The minimum Gasteiger partial charge on any atom is -0.314 e. The summed E-state index contributed by atoms with van der Waals surface area (Å²) >= 11 is 0. The summed E-state index contributed by atoms with van der Waals surface area (Å²) in [5.41, 5.74) is 0. The predicted molar refractivity (Wildman–Crippen MR) is 72.9 cm³/mol. The van der Waals surface area contributed by atoms with Gasteiger partial charge < -0.3 is 5.32 Å². The Labute approximate surface area is 106 Å². The summed E-state index contributed by atoms with van der Waals surface area (Å²) in [5.74, 6) is 2.20. The van der Waals surface area contributed by atoms with E-state index in [0.29, 0.717) is 17.7 Å². The minimum absolute atomic E-state index is 0.275. The van der Waals surface area contributed by atoms with Gasteiger partial charge in [-0.25, -0.2) is 8.42 Å². The summed E-state index contributed by atoms with van der Waals surface area (Å²) in [7, 11) is -2.79. The molecule has 0 heterocycles. The van der Waals surface area contributed by atoms with Gasteiger partial charge in [0.05, 0.1) is 5.75 Å². The van der Waals surface area contributed by atoms with Crippen LogP contribution in [0, 0.1) is 11.8 Å². The predicted octanol–water partition coefficient (Wildman–Crippen LogP) is 2.23. The van der Waals surface area contributed by atoms with Crippen LogP contribution in [0.1, 0.15) is 46.5 Å². The van der Waals surface area contributed by atoms with Crippen molar-refractivity contribution in [3.63, 3.8) is 0 Å². The summed E-state index contributed by atoms with van der Waals surface area (Å²) in [5, 5.41) is 3.51. The van der Waals surface area contributed by atoms with Crippen LogP contribution < -0.4 is 5.32 Å². The van der Waals surface area contributed by atoms with Gasteiger partial charge in [-0.2, -0.15) is 0 Å². The summed E-state index contributed by atoms with van der Waals surface area (Å²) in [6, 6.07) is 0.500. The molecule has 0 aromatic heterocycles. The van der Waals surface area contributed by atoms with Gasteiger partial charge in [0.15, 0.2) is 0 Å². The van der Waals surface area contributed by atoms with Crippen LogP contribution in [0.5, 0.6) is 0 Å². The van der Waals surface area contributed by atoms with Crippen LogP contribution in [0.2, 0.25) is 0 Å². The molecule has 0 radical (unpaired) electrons. The Morgan fingerprint density at radius 2 is 1.94 bits per heavy atom. The van der Waals surface area contributed by atoms with Crippen LogP contribution in [0.25, 0.3) is 0 Å². The van der Waals surface area contributed by atoms with Crippen molar-refractivity contribution in [3.8, 4) is 0 Å². The molecule has 2 unspecified atom stereocenters. The van der Waals surface area contributed by atoms with Gasteiger partial charge in [-0.3, -0.25) is 0 Å². The number of hydrogen-bond donors (Lipinski definition) is 1. The molecule has 0 saturated heterocycles. The topological polar surface area (TPSA) is 46.2 Å². The first-order valence-corrected chi connectivity index (χ1v) is 8.76. The quantitative estimate of drug-likeness (QED) is 0.692. The first kappa shape index (κ1) is 15.0. The normalized spacial score (nSPS) is 20.2. The van der Waals surface area contributed by atoms with E-state index in [1.807, 2.05) is 0 Å². The maximum absolute atomic E-state index is 11.4. The Morgan fingerprint density at radius 3 is 2.41 bits per heavy atom. The van der Waals surface area contributed by atoms with E-state index in [1.165, 1.54) is 12.8 Å². The molecule has 102 valence electrons. The maximum Gasteiger partial charge on any atom is 0.150 e. The zero-order valence-electron chi connectivity index (χ0n) is 11.4. The molecule has 0 bridgehead atoms. The second-order valence-electron chi connectivity index (χ2n) is 5.24. The lowest BCUT2D eigenvalue weighted by molar-refractivity contribution is 0.328. The van der Waals surface area contributed by atoms with Gasteiger partial charge in [0.2, 0.25) is 0 Å². The standard InChI is InChI=1S/C13H27NO2S/c1-4-14-13(11(3)12-8-9-12)7-6-10-17(15,16)5-2/h11-14H,4-10H2,1-3H3. The van der Waals surface area contributed by atoms with Crippen LogP contribution >= 0.6 is 0 Å². The second-order valence-corrected chi connectivity index (χ2v) is 7.71. The molecule has 3 nitrogen and oxygen atoms in total. The molecule has 0 amide bonds. The summed E-state index contributed by atoms with van der Waals surface area (Å²) in [6.45, 7) is 7.13. The Morgan fingerprint density at radius 1 is 1.29 bits per heavy atom. The van der Waals surface area contributed by atoms with E-state index in [0.717, 1.165) is 25.3 Å². The molecule has 1 rings (SSSR count). The van der Waals surface area contributed by atoms with Crippen molar-refractivity contribution < 1.29 is 8.42 Å². The van der Waals surface area contributed by atoms with Crippen LogP contribution in [-0.4, -0.2) is 32.5 Å². The Balaban J connectivity index is 2.33. The Bertz CT molecular complexity index is 309. The number of sulfone groups is 1. The highest BCUT2D eigenvalue weighted by molar-refractivity contribution is 7.91. The monoisotopic (exact) mass is 261 g/mol. The molecule has 0 aromatic rings. The fraction of sp³-hybridized carbons (Fsp3) is 1.00. The van der Waals surface area contributed by atoms with Crippen molar-refractivity contribution in [1.29, 1.82) is 0 Å². The van der Waals surface area contributed by atoms with E-state index in [2.05, 4.69) is 19.2 Å². The summed E-state index contributed by atoms with van der Waals surface area (Å²) in [4.78, 5) is 0. The van der Waals surface area contributed by atoms with Crippen LogP contribution in [0.4, 0.5) is 0 Å². The second kappa shape index (κ2) is 6.74. The molecule has 1 N–H and O–H groups in total. The largest absolute Gasteiger partial charge is 0.314 e. The molecule has 0 aliphatic heterocycles. The van der Waals surface area contributed by atoms with E-state index >= 15 is 0 Å². The average molecular weight is 261 g/mol. The lowest BCUT2D eigenvalue weighted by atomic mass is 9.93. The highest BCUT2D eigenvalue weighted by Crippen LogP contribution is 2.39. The maximum atomic E-state index is 11.4. The third-order valence-corrected chi connectivity index (χ3v) is 5.67. The molecule has 0 spiro atoms. The fourth-order valence-corrected chi connectivity index (χ4v) is 3.33. The van der Waals surface area contributed by atoms with Gasteiger partial charge in [0, 0.05) is 11.8 Å². The van der Waals surface area contributed by atoms with Crippen molar-refractivity contribution in [2.45, 2.75) is 52.5 Å². The Hall–Kier alpha value is -0.0900. The highest BCUT2D eigenvalue weighted by Gasteiger charge is 2.32. The van der Waals surface area contributed by atoms with Crippen LogP contribution in [0.3, 0.4) is 0 Å². The molecule has 1 saturated carbocycles. The van der Waals surface area contributed by atoms with E-state index in [4.69, 9.17) is 0 Å². The third-order valence-electron chi connectivity index (χ3n) is 3.88. The zero-order chi connectivity index (χ0) is 12.9. The molecule has 1 aliphatic rings. The van der Waals surface area contributed by atoms with Crippen LogP contribution in [0.15, 0.2) is 0 Å². The Kier molecular flexibility index (Phi) is 5.93. The van der Waals surface area contributed by atoms with E-state index in [1.54, 1.807) is 6.92 Å². The molecule has 0 aromatic carbocycles. The number of nitrogens with one attached hydrogen (secondary N) is 1. The average Bonchev–Trinajstić information content (AvgIpc) is 3.11. The van der Waals surface area contributed by atoms with Gasteiger partial charge in [0.25, 0.3) is 0 Å². The molecule has 4 heteroatoms. The van der Waals surface area contributed by atoms with Crippen molar-refractivity contribution >= 4 is 9.84 Å². The first-order valence-electron chi connectivity index (χ1n) is 6.94. The lowest BCUT2D eigenvalue weighted by Crippen LogP contribution is -2.36. The zero-order valence-corrected chi connectivity index (χ0v) is 12.2. The van der Waals surface area contributed by atoms with Gasteiger partial charge in [-0.1, -0.05) is 20.8 Å². The van der Waals surface area contributed by atoms with Crippen molar-refractivity contribution in [3.05, 3.63) is 0 Å². The molecular weight excluding hydrogens is 234 g/mol. The lowest BCUT2D eigenvalue weighted by Gasteiger charge is -2.24. The molecule has 17 heavy (non-hydrogen) atoms. The van der Waals surface area contributed by atoms with Gasteiger partial charge in [-0.05, 0) is 44.1 Å². The fourth-order valence-electron chi connectivity index (χ4n) is 2.43.